The van der Waals surface area contributed by atoms with Gasteiger partial charge in [0.25, 0.3) is 11.8 Å². The summed E-state index contributed by atoms with van der Waals surface area (Å²) in [5.41, 5.74) is 2.83. The van der Waals surface area contributed by atoms with Gasteiger partial charge in [0.1, 0.15) is 16.3 Å². The van der Waals surface area contributed by atoms with Crippen LogP contribution < -0.4 is 10.1 Å². The van der Waals surface area contributed by atoms with Crippen molar-refractivity contribution in [3.05, 3.63) is 69.4 Å². The number of ether oxygens (including phenoxy) is 2. The Morgan fingerprint density at radius 2 is 1.65 bits per heavy atom. The van der Waals surface area contributed by atoms with Crippen molar-refractivity contribution in [3.63, 3.8) is 0 Å². The standard InChI is InChI=1S/C31H34N2O5S2/c1-6-11-23-22-12-9-10-13-24(22)40-28(23)29(35)32-30-27(31(36)37-5)26(19(4)39-30)20-14-16-21(17-15-20)38-18-25(34)33(7-2)8-3/h9-10,12-17H,6-8,11,18H2,1-5H3,(H,32,35). The van der Waals surface area contributed by atoms with Crippen LogP contribution in [0.3, 0.4) is 0 Å². The van der Waals surface area contributed by atoms with Crippen LogP contribution in [0.25, 0.3) is 21.2 Å². The molecule has 0 radical (unpaired) electrons. The van der Waals surface area contributed by atoms with Gasteiger partial charge in [-0.2, -0.15) is 0 Å². The van der Waals surface area contributed by atoms with Crippen LogP contribution in [0.2, 0.25) is 0 Å². The van der Waals surface area contributed by atoms with Gasteiger partial charge in [0.15, 0.2) is 6.61 Å². The van der Waals surface area contributed by atoms with Crippen LogP contribution in [0.1, 0.15) is 57.7 Å². The first-order chi connectivity index (χ1) is 19.3. The summed E-state index contributed by atoms with van der Waals surface area (Å²) in [5, 5.41) is 4.57. The van der Waals surface area contributed by atoms with E-state index in [1.165, 1.54) is 29.8 Å². The molecule has 4 aromatic rings. The summed E-state index contributed by atoms with van der Waals surface area (Å²) in [6.07, 6.45) is 1.71. The van der Waals surface area contributed by atoms with Gasteiger partial charge in [-0.15, -0.1) is 22.7 Å². The molecule has 0 aliphatic rings. The topological polar surface area (TPSA) is 84.9 Å². The zero-order valence-corrected chi connectivity index (χ0v) is 25.1. The molecular weight excluding hydrogens is 544 g/mol. The summed E-state index contributed by atoms with van der Waals surface area (Å²) in [7, 11) is 1.33. The molecule has 0 aliphatic carbocycles. The van der Waals surface area contributed by atoms with Crippen LogP contribution in [-0.4, -0.2) is 49.5 Å². The van der Waals surface area contributed by atoms with Gasteiger partial charge in [-0.05, 0) is 61.9 Å². The Balaban J connectivity index is 1.62. The van der Waals surface area contributed by atoms with Crippen molar-refractivity contribution in [3.8, 4) is 16.9 Å². The van der Waals surface area contributed by atoms with Crippen molar-refractivity contribution in [2.75, 3.05) is 32.1 Å². The minimum Gasteiger partial charge on any atom is -0.484 e. The highest BCUT2D eigenvalue weighted by Gasteiger charge is 2.27. The molecule has 0 aliphatic heterocycles. The average Bonchev–Trinajstić information content (AvgIpc) is 3.49. The maximum Gasteiger partial charge on any atom is 0.341 e. The molecule has 2 aromatic carbocycles. The van der Waals surface area contributed by atoms with Crippen LogP contribution in [0, 0.1) is 6.92 Å². The lowest BCUT2D eigenvalue weighted by Crippen LogP contribution is -2.34. The molecule has 2 amide bonds. The predicted molar refractivity (Wildman–Crippen MR) is 163 cm³/mol. The zero-order valence-electron chi connectivity index (χ0n) is 23.5. The average molecular weight is 579 g/mol. The van der Waals surface area contributed by atoms with Gasteiger partial charge >= 0.3 is 5.97 Å². The van der Waals surface area contributed by atoms with Gasteiger partial charge < -0.3 is 19.7 Å². The normalized spacial score (nSPS) is 10.9. The van der Waals surface area contributed by atoms with E-state index in [0.717, 1.165) is 38.9 Å². The fourth-order valence-corrected chi connectivity index (χ4v) is 6.95. The first kappa shape index (κ1) is 29.3. The Kier molecular flexibility index (Phi) is 9.60. The summed E-state index contributed by atoms with van der Waals surface area (Å²) in [4.78, 5) is 42.1. The van der Waals surface area contributed by atoms with Crippen molar-refractivity contribution < 1.29 is 23.9 Å². The van der Waals surface area contributed by atoms with Crippen molar-refractivity contribution in [1.29, 1.82) is 0 Å². The summed E-state index contributed by atoms with van der Waals surface area (Å²) >= 11 is 2.81. The van der Waals surface area contributed by atoms with E-state index in [4.69, 9.17) is 9.47 Å². The second-order valence-electron chi connectivity index (χ2n) is 9.22. The molecule has 1 N–H and O–H groups in total. The third-order valence-electron chi connectivity index (χ3n) is 6.73. The number of nitrogens with zero attached hydrogens (tertiary/aromatic N) is 1. The van der Waals surface area contributed by atoms with Gasteiger partial charge in [-0.3, -0.25) is 9.59 Å². The molecule has 7 nitrogen and oxygen atoms in total. The lowest BCUT2D eigenvalue weighted by Gasteiger charge is -2.18. The smallest absolute Gasteiger partial charge is 0.341 e. The molecular formula is C31H34N2O5S2. The van der Waals surface area contributed by atoms with Gasteiger partial charge in [-0.1, -0.05) is 43.7 Å². The number of amides is 2. The Hall–Kier alpha value is -3.69. The largest absolute Gasteiger partial charge is 0.484 e. The summed E-state index contributed by atoms with van der Waals surface area (Å²) in [5.74, 6) is -0.274. The molecule has 2 aromatic heterocycles. The SMILES string of the molecule is CCCc1c(C(=O)Nc2sc(C)c(-c3ccc(OCC(=O)N(CC)CC)cc3)c2C(=O)OC)sc2ccccc12. The Bertz CT molecular complexity index is 1520. The molecule has 2 heterocycles. The van der Waals surface area contributed by atoms with E-state index < -0.39 is 5.97 Å². The van der Waals surface area contributed by atoms with E-state index in [1.54, 1.807) is 17.0 Å². The van der Waals surface area contributed by atoms with Gasteiger partial charge in [0.05, 0.1) is 12.0 Å². The lowest BCUT2D eigenvalue weighted by atomic mass is 10.0. The van der Waals surface area contributed by atoms with E-state index in [2.05, 4.69) is 12.2 Å². The van der Waals surface area contributed by atoms with Crippen molar-refractivity contribution in [1.82, 2.24) is 4.90 Å². The number of esters is 1. The molecule has 0 fully saturated rings. The second kappa shape index (κ2) is 13.1. The molecule has 4 rings (SSSR count). The van der Waals surface area contributed by atoms with Crippen molar-refractivity contribution >= 4 is 55.5 Å². The maximum atomic E-state index is 13.6. The monoisotopic (exact) mass is 578 g/mol. The Morgan fingerprint density at radius 1 is 0.950 bits per heavy atom. The van der Waals surface area contributed by atoms with Gasteiger partial charge in [0, 0.05) is 28.2 Å². The molecule has 9 heteroatoms. The molecule has 210 valence electrons. The predicted octanol–water partition coefficient (Wildman–Crippen LogP) is 7.18. The number of carbonyl (C=O) groups excluding carboxylic acids is 3. The summed E-state index contributed by atoms with van der Waals surface area (Å²) < 4.78 is 11.9. The Labute approximate surface area is 242 Å². The zero-order chi connectivity index (χ0) is 28.8. The molecule has 0 saturated carbocycles. The maximum absolute atomic E-state index is 13.6. The third kappa shape index (κ3) is 6.05. The van der Waals surface area contributed by atoms with E-state index in [1.807, 2.05) is 57.2 Å². The van der Waals surface area contributed by atoms with Crippen LogP contribution in [0.4, 0.5) is 5.00 Å². The molecule has 40 heavy (non-hydrogen) atoms. The molecule has 0 unspecified atom stereocenters. The van der Waals surface area contributed by atoms with Crippen LogP contribution in [0.15, 0.2) is 48.5 Å². The first-order valence-corrected chi connectivity index (χ1v) is 15.0. The fraction of sp³-hybridized carbons (Fsp3) is 0.323. The quantitative estimate of drug-likeness (QED) is 0.191. The van der Waals surface area contributed by atoms with Crippen LogP contribution >= 0.6 is 22.7 Å². The van der Waals surface area contributed by atoms with E-state index >= 15 is 0 Å². The number of hydrogen-bond acceptors (Lipinski definition) is 7. The first-order valence-electron chi connectivity index (χ1n) is 13.4. The van der Waals surface area contributed by atoms with E-state index in [9.17, 15) is 14.4 Å². The highest BCUT2D eigenvalue weighted by Crippen LogP contribution is 2.42. The number of aryl methyl sites for hydroxylation is 2. The molecule has 0 saturated heterocycles. The minimum absolute atomic E-state index is 0.0418. The minimum atomic E-state index is -0.523. The van der Waals surface area contributed by atoms with Gasteiger partial charge in [-0.25, -0.2) is 4.79 Å². The Morgan fingerprint density at radius 3 is 2.30 bits per heavy atom. The number of hydrogen-bond donors (Lipinski definition) is 1. The van der Waals surface area contributed by atoms with E-state index in [0.29, 0.717) is 39.8 Å². The van der Waals surface area contributed by atoms with E-state index in [-0.39, 0.29) is 18.4 Å². The number of fused-ring (bicyclic) bond motifs is 1. The van der Waals surface area contributed by atoms with Gasteiger partial charge in [0.2, 0.25) is 0 Å². The van der Waals surface area contributed by atoms with Crippen LogP contribution in [0.5, 0.6) is 5.75 Å². The number of anilines is 1. The number of benzene rings is 2. The third-order valence-corrected chi connectivity index (χ3v) is 8.96. The molecule has 0 atom stereocenters. The lowest BCUT2D eigenvalue weighted by molar-refractivity contribution is -0.132. The highest BCUT2D eigenvalue weighted by molar-refractivity contribution is 7.21. The highest BCUT2D eigenvalue weighted by atomic mass is 32.1. The number of nitrogens with one attached hydrogen (secondary N) is 1. The fourth-order valence-electron chi connectivity index (χ4n) is 4.75. The number of likely N-dealkylation sites (N-methyl/N-ethyl adjacent to an activating group) is 1. The number of thiophene rings is 2. The van der Waals surface area contributed by atoms with Crippen LogP contribution in [-0.2, 0) is 16.0 Å². The number of carbonyl (C=O) groups is 3. The number of methoxy groups -OCH3 is 1. The molecule has 0 bridgehead atoms. The summed E-state index contributed by atoms with van der Waals surface area (Å²) in [6, 6.07) is 15.3. The van der Waals surface area contributed by atoms with Crippen molar-refractivity contribution in [2.24, 2.45) is 0 Å². The summed E-state index contributed by atoms with van der Waals surface area (Å²) in [6.45, 7) is 9.10. The number of rotatable bonds is 11. The molecule has 0 spiro atoms. The van der Waals surface area contributed by atoms with Crippen molar-refractivity contribution in [2.45, 2.75) is 40.5 Å². The second-order valence-corrected chi connectivity index (χ2v) is 11.5.